The van der Waals surface area contributed by atoms with Crippen LogP contribution in [0.25, 0.3) is 11.1 Å². The normalized spacial score (nSPS) is 14.7. The third-order valence-electron chi connectivity index (χ3n) is 7.21. The van der Waals surface area contributed by atoms with E-state index in [1.54, 1.807) is 19.4 Å². The van der Waals surface area contributed by atoms with Crippen LogP contribution in [0.3, 0.4) is 0 Å². The lowest BCUT2D eigenvalue weighted by atomic mass is 9.96. The summed E-state index contributed by atoms with van der Waals surface area (Å²) >= 11 is 6.76. The first-order valence-corrected chi connectivity index (χ1v) is 13.9. The van der Waals surface area contributed by atoms with Crippen molar-refractivity contribution in [1.29, 1.82) is 5.26 Å². The van der Waals surface area contributed by atoms with Crippen molar-refractivity contribution in [1.82, 2.24) is 10.3 Å². The lowest BCUT2D eigenvalue weighted by molar-refractivity contribution is 0.205. The molecule has 0 aliphatic heterocycles. The van der Waals surface area contributed by atoms with Crippen LogP contribution < -0.4 is 19.5 Å². The fourth-order valence-electron chi connectivity index (χ4n) is 5.03. The van der Waals surface area contributed by atoms with Crippen LogP contribution in [0.2, 0.25) is 5.02 Å². The Kier molecular flexibility index (Phi) is 9.05. The van der Waals surface area contributed by atoms with Crippen molar-refractivity contribution in [3.63, 3.8) is 0 Å². The number of aliphatic hydroxyl groups excluding tert-OH is 1. The maximum atomic E-state index is 9.46. The van der Waals surface area contributed by atoms with E-state index >= 15 is 0 Å². The molecule has 0 fully saturated rings. The van der Waals surface area contributed by atoms with Gasteiger partial charge < -0.3 is 24.6 Å². The van der Waals surface area contributed by atoms with Gasteiger partial charge in [0.05, 0.1) is 24.3 Å². The third-order valence-corrected chi connectivity index (χ3v) is 7.51. The van der Waals surface area contributed by atoms with Gasteiger partial charge in [0.2, 0.25) is 0 Å². The first-order valence-electron chi connectivity index (χ1n) is 13.6. The van der Waals surface area contributed by atoms with Gasteiger partial charge in [0.1, 0.15) is 36.0 Å². The maximum absolute atomic E-state index is 9.46. The predicted molar refractivity (Wildman–Crippen MR) is 158 cm³/mol. The van der Waals surface area contributed by atoms with Crippen molar-refractivity contribution in [3.05, 3.63) is 106 Å². The number of hydrogen-bond donors (Lipinski definition) is 2. The third kappa shape index (κ3) is 6.63. The molecule has 210 valence electrons. The first kappa shape index (κ1) is 28.4. The number of nitrogens with one attached hydrogen (secondary N) is 1. The number of ether oxygens (including phenoxy) is 3. The second-order valence-electron chi connectivity index (χ2n) is 10.1. The summed E-state index contributed by atoms with van der Waals surface area (Å²) in [5, 5.41) is 22.4. The summed E-state index contributed by atoms with van der Waals surface area (Å²) in [5.74, 6) is 1.96. The number of nitriles is 1. The number of nitrogens with zero attached hydrogens (tertiary/aromatic N) is 2. The average molecular weight is 570 g/mol. The molecular weight excluding hydrogens is 538 g/mol. The number of rotatable bonds is 11. The van der Waals surface area contributed by atoms with Gasteiger partial charge >= 0.3 is 0 Å². The van der Waals surface area contributed by atoms with Gasteiger partial charge in [0.25, 0.3) is 0 Å². The molecule has 8 heteroatoms. The van der Waals surface area contributed by atoms with Crippen molar-refractivity contribution < 1.29 is 19.3 Å². The lowest BCUT2D eigenvalue weighted by Gasteiger charge is -2.20. The number of aromatic nitrogens is 1. The highest BCUT2D eigenvalue weighted by Crippen LogP contribution is 2.43. The second-order valence-corrected chi connectivity index (χ2v) is 10.5. The fourth-order valence-corrected chi connectivity index (χ4v) is 5.26. The molecule has 0 spiro atoms. The number of pyridine rings is 1. The molecule has 1 aliphatic carbocycles. The molecule has 1 aliphatic rings. The summed E-state index contributed by atoms with van der Waals surface area (Å²) in [5.41, 5.74) is 6.78. The Labute approximate surface area is 245 Å². The van der Waals surface area contributed by atoms with E-state index in [2.05, 4.69) is 46.7 Å². The van der Waals surface area contributed by atoms with Crippen molar-refractivity contribution in [2.24, 2.45) is 0 Å². The number of fused-ring (bicyclic) bond motifs is 1. The Balaban J connectivity index is 1.41. The molecule has 0 bridgehead atoms. The van der Waals surface area contributed by atoms with E-state index in [1.807, 2.05) is 31.2 Å². The molecule has 5 rings (SSSR count). The van der Waals surface area contributed by atoms with Gasteiger partial charge in [-0.15, -0.1) is 0 Å². The Morgan fingerprint density at radius 1 is 1.12 bits per heavy atom. The molecular formula is C33H32ClN3O4. The van der Waals surface area contributed by atoms with Crippen LogP contribution in [-0.4, -0.2) is 29.8 Å². The zero-order valence-electron chi connectivity index (χ0n) is 23.1. The van der Waals surface area contributed by atoms with Crippen LogP contribution in [0.1, 0.15) is 47.3 Å². The van der Waals surface area contributed by atoms with Crippen LogP contribution >= 0.6 is 11.6 Å². The van der Waals surface area contributed by atoms with Crippen LogP contribution in [0.4, 0.5) is 0 Å². The predicted octanol–water partition coefficient (Wildman–Crippen LogP) is 6.40. The highest BCUT2D eigenvalue weighted by molar-refractivity contribution is 6.32. The largest absolute Gasteiger partial charge is 0.497 e. The van der Waals surface area contributed by atoms with E-state index in [0.717, 1.165) is 40.8 Å². The van der Waals surface area contributed by atoms with E-state index in [-0.39, 0.29) is 25.4 Å². The molecule has 0 saturated heterocycles. The molecule has 2 N–H and O–H groups in total. The smallest absolute Gasteiger partial charge is 0.142 e. The second kappa shape index (κ2) is 13.0. The van der Waals surface area contributed by atoms with Crippen molar-refractivity contribution in [2.75, 3.05) is 13.7 Å². The highest BCUT2D eigenvalue weighted by atomic mass is 35.5. The van der Waals surface area contributed by atoms with Gasteiger partial charge in [0.15, 0.2) is 0 Å². The van der Waals surface area contributed by atoms with Crippen LogP contribution in [-0.2, 0) is 19.6 Å². The maximum Gasteiger partial charge on any atom is 0.142 e. The first-order chi connectivity index (χ1) is 20.0. The van der Waals surface area contributed by atoms with Crippen LogP contribution in [0.15, 0.2) is 73.1 Å². The van der Waals surface area contributed by atoms with E-state index in [0.29, 0.717) is 28.6 Å². The molecule has 2 atom stereocenters. The number of hydrogen-bond acceptors (Lipinski definition) is 7. The Hall–Kier alpha value is -4.09. The molecule has 4 aromatic rings. The average Bonchev–Trinajstić information content (AvgIpc) is 3.43. The van der Waals surface area contributed by atoms with Gasteiger partial charge in [0, 0.05) is 42.2 Å². The van der Waals surface area contributed by atoms with Gasteiger partial charge in [-0.05, 0) is 66.3 Å². The molecule has 3 aromatic carbocycles. The van der Waals surface area contributed by atoms with Gasteiger partial charge in [-0.3, -0.25) is 4.98 Å². The van der Waals surface area contributed by atoms with Gasteiger partial charge in [-0.2, -0.15) is 5.26 Å². The molecule has 0 amide bonds. The van der Waals surface area contributed by atoms with Crippen molar-refractivity contribution in [3.8, 4) is 34.4 Å². The zero-order valence-corrected chi connectivity index (χ0v) is 23.8. The topological polar surface area (TPSA) is 96.6 Å². The number of aliphatic hydroxyl groups is 1. The van der Waals surface area contributed by atoms with E-state index < -0.39 is 0 Å². The van der Waals surface area contributed by atoms with E-state index in [9.17, 15) is 10.4 Å². The Bertz CT molecular complexity index is 1570. The fraction of sp³-hybridized carbons (Fsp3) is 0.273. The lowest BCUT2D eigenvalue weighted by Crippen LogP contribution is -2.28. The van der Waals surface area contributed by atoms with Gasteiger partial charge in [-0.1, -0.05) is 41.9 Å². The number of halogens is 1. The molecule has 0 unspecified atom stereocenters. The van der Waals surface area contributed by atoms with E-state index in [1.165, 1.54) is 17.3 Å². The standard InChI is InChI=1S/C33H32ClN3O4/c1-21(19-38)37-18-25-13-30(34)33(14-32(25)40-20-23-11-22(15-35)16-36-17-23)41-31-10-9-28-27(7-4-8-29(28)31)24-5-3-6-26(12-24)39-2/h3-8,11-14,16-17,21,31,37-38H,9-10,18-20H2,1-2H3/t21-,31+/m1/s1. The van der Waals surface area contributed by atoms with Crippen molar-refractivity contribution in [2.45, 2.75) is 45.1 Å². The molecule has 7 nitrogen and oxygen atoms in total. The van der Waals surface area contributed by atoms with Crippen molar-refractivity contribution >= 4 is 11.6 Å². The zero-order chi connectivity index (χ0) is 28.8. The van der Waals surface area contributed by atoms with Crippen LogP contribution in [0.5, 0.6) is 17.2 Å². The minimum Gasteiger partial charge on any atom is -0.497 e. The Morgan fingerprint density at radius 3 is 2.78 bits per heavy atom. The summed E-state index contributed by atoms with van der Waals surface area (Å²) < 4.78 is 18.2. The number of methoxy groups -OCH3 is 1. The minimum absolute atomic E-state index is 0.0105. The summed E-state index contributed by atoms with van der Waals surface area (Å²) in [6.07, 6.45) is 4.75. The molecule has 0 saturated carbocycles. The summed E-state index contributed by atoms with van der Waals surface area (Å²) in [6, 6.07) is 21.8. The summed E-state index contributed by atoms with van der Waals surface area (Å²) in [4.78, 5) is 4.13. The minimum atomic E-state index is -0.157. The SMILES string of the molecule is COc1cccc(-c2cccc3c2CC[C@@H]3Oc2cc(OCc3cncc(C#N)c3)c(CN[C@H](C)CO)cc2Cl)c1. The van der Waals surface area contributed by atoms with E-state index in [4.69, 9.17) is 25.8 Å². The summed E-state index contributed by atoms with van der Waals surface area (Å²) in [7, 11) is 1.68. The van der Waals surface area contributed by atoms with Gasteiger partial charge in [-0.25, -0.2) is 0 Å². The molecule has 1 heterocycles. The molecule has 0 radical (unpaired) electrons. The molecule has 1 aromatic heterocycles. The number of benzene rings is 3. The Morgan fingerprint density at radius 2 is 1.98 bits per heavy atom. The monoisotopic (exact) mass is 569 g/mol. The highest BCUT2D eigenvalue weighted by Gasteiger charge is 2.28. The summed E-state index contributed by atoms with van der Waals surface area (Å²) in [6.45, 7) is 2.58. The van der Waals surface area contributed by atoms with Crippen LogP contribution in [0, 0.1) is 11.3 Å². The molecule has 41 heavy (non-hydrogen) atoms. The quantitative estimate of drug-likeness (QED) is 0.216.